The predicted octanol–water partition coefficient (Wildman–Crippen LogP) is 25.4. The van der Waals surface area contributed by atoms with Crippen LogP contribution in [0.2, 0.25) is 0 Å². The van der Waals surface area contributed by atoms with Crippen LogP contribution in [0.1, 0.15) is 386 Å². The summed E-state index contributed by atoms with van der Waals surface area (Å²) in [4.78, 5) is 24.7. The summed E-state index contributed by atoms with van der Waals surface area (Å²) >= 11 is 0. The molecule has 82 heavy (non-hydrogen) atoms. The van der Waals surface area contributed by atoms with Crippen molar-refractivity contribution in [3.63, 3.8) is 0 Å². The monoisotopic (exact) mass is 1150 g/mol. The fourth-order valence-electron chi connectivity index (χ4n) is 11.1. The number of rotatable bonds is 68. The summed E-state index contributed by atoms with van der Waals surface area (Å²) in [5.41, 5.74) is 0. The molecule has 0 aliphatic heterocycles. The highest BCUT2D eigenvalue weighted by Crippen LogP contribution is 2.19. The standard InChI is InChI=1S/C77H140O5/c1-3-5-7-9-11-13-15-17-19-21-23-25-27-29-31-33-35-36-37-38-39-40-42-44-46-48-50-52-54-56-58-60-62-64-66-68-70-72-77(80)82-75(73-78)74-81-76(79)71-69-67-65-63-61-59-57-55-53-51-49-47-45-43-41-34-32-30-28-26-24-22-20-18-16-14-12-10-8-6-4-2/h5,7,11,13,16-19,22-25,75,78H,3-4,6,8-10,12,14-15,20-21,26-74H2,1-2H3/b7-5-,13-11-,18-16-,19-17-,24-22-,25-23-. The molecule has 0 rings (SSSR count). The van der Waals surface area contributed by atoms with Gasteiger partial charge in [-0.25, -0.2) is 0 Å². The third-order valence-electron chi connectivity index (χ3n) is 16.5. The van der Waals surface area contributed by atoms with Crippen LogP contribution in [-0.2, 0) is 19.1 Å². The van der Waals surface area contributed by atoms with Crippen molar-refractivity contribution in [2.75, 3.05) is 13.2 Å². The second kappa shape index (κ2) is 72.6. The SMILES string of the molecule is CC/C=C\C/C=C\C/C=C\C/C=C\CCCCCCCCCCCCCCCCCCCCCCCCCCC(=O)OC(CO)COC(=O)CCCCCCCCCCCCCCCCCCCCC/C=C\C/C=C\CCCCCCC. The van der Waals surface area contributed by atoms with Crippen molar-refractivity contribution in [3.05, 3.63) is 72.9 Å². The third-order valence-corrected chi connectivity index (χ3v) is 16.5. The molecule has 0 saturated carbocycles. The molecule has 0 fully saturated rings. The average molecular weight is 1150 g/mol. The number of carbonyl (C=O) groups is 2. The van der Waals surface area contributed by atoms with Crippen molar-refractivity contribution in [2.45, 2.75) is 392 Å². The molecule has 1 atom stereocenters. The molecule has 0 aliphatic carbocycles. The van der Waals surface area contributed by atoms with Gasteiger partial charge in [0.15, 0.2) is 6.10 Å². The molecule has 0 radical (unpaired) electrons. The van der Waals surface area contributed by atoms with E-state index in [1.807, 2.05) is 0 Å². The molecule has 5 nitrogen and oxygen atoms in total. The Hall–Kier alpha value is -2.66. The van der Waals surface area contributed by atoms with Crippen LogP contribution >= 0.6 is 0 Å². The zero-order valence-electron chi connectivity index (χ0n) is 55.0. The normalized spacial score (nSPS) is 12.6. The highest BCUT2D eigenvalue weighted by Gasteiger charge is 2.16. The van der Waals surface area contributed by atoms with Crippen LogP contribution in [0.4, 0.5) is 0 Å². The number of ether oxygens (including phenoxy) is 2. The summed E-state index contributed by atoms with van der Waals surface area (Å²) in [7, 11) is 0. The molecule has 0 aromatic rings. The Labute approximate surface area is 512 Å². The second-order valence-electron chi connectivity index (χ2n) is 24.6. The summed E-state index contributed by atoms with van der Waals surface area (Å²) in [6, 6.07) is 0. The van der Waals surface area contributed by atoms with E-state index in [1.165, 1.54) is 289 Å². The van der Waals surface area contributed by atoms with Gasteiger partial charge in [0.05, 0.1) is 6.61 Å². The van der Waals surface area contributed by atoms with Crippen molar-refractivity contribution >= 4 is 11.9 Å². The Morgan fingerprint density at radius 1 is 0.293 bits per heavy atom. The van der Waals surface area contributed by atoms with Gasteiger partial charge in [-0.1, -0.05) is 363 Å². The quantitative estimate of drug-likeness (QED) is 0.0373. The van der Waals surface area contributed by atoms with Gasteiger partial charge >= 0.3 is 11.9 Å². The van der Waals surface area contributed by atoms with E-state index in [1.54, 1.807) is 0 Å². The van der Waals surface area contributed by atoms with Gasteiger partial charge in [0, 0.05) is 12.8 Å². The maximum absolute atomic E-state index is 12.4. The van der Waals surface area contributed by atoms with E-state index in [-0.39, 0.29) is 25.2 Å². The fraction of sp³-hybridized carbons (Fsp3) is 0.818. The number of aliphatic hydroxyl groups is 1. The number of hydrogen-bond acceptors (Lipinski definition) is 5. The molecule has 0 bridgehead atoms. The summed E-state index contributed by atoms with van der Waals surface area (Å²) in [5.74, 6) is -0.568. The van der Waals surface area contributed by atoms with Crippen LogP contribution in [-0.4, -0.2) is 36.4 Å². The van der Waals surface area contributed by atoms with Gasteiger partial charge in [-0.05, 0) is 83.5 Å². The first-order valence-corrected chi connectivity index (χ1v) is 36.5. The van der Waals surface area contributed by atoms with Crippen LogP contribution in [0.25, 0.3) is 0 Å². The minimum atomic E-state index is -0.772. The van der Waals surface area contributed by atoms with Crippen LogP contribution < -0.4 is 0 Å². The van der Waals surface area contributed by atoms with Crippen molar-refractivity contribution in [1.29, 1.82) is 0 Å². The molecule has 0 spiro atoms. The summed E-state index contributed by atoms with van der Waals surface area (Å²) in [5, 5.41) is 9.71. The Morgan fingerprint density at radius 2 is 0.524 bits per heavy atom. The van der Waals surface area contributed by atoms with Crippen molar-refractivity contribution in [3.8, 4) is 0 Å². The Kier molecular flexibility index (Phi) is 70.2. The van der Waals surface area contributed by atoms with E-state index >= 15 is 0 Å². The molecule has 0 aliphatic rings. The zero-order valence-corrected chi connectivity index (χ0v) is 55.0. The van der Waals surface area contributed by atoms with E-state index in [4.69, 9.17) is 9.47 Å². The Morgan fingerprint density at radius 3 is 0.793 bits per heavy atom. The highest BCUT2D eigenvalue weighted by atomic mass is 16.6. The molecule has 0 amide bonds. The number of unbranched alkanes of at least 4 members (excludes halogenated alkanes) is 48. The molecule has 5 heteroatoms. The first-order chi connectivity index (χ1) is 40.6. The van der Waals surface area contributed by atoms with Crippen LogP contribution in [0.15, 0.2) is 72.9 Å². The van der Waals surface area contributed by atoms with E-state index < -0.39 is 6.10 Å². The Bertz CT molecular complexity index is 1440. The minimum Gasteiger partial charge on any atom is -0.462 e. The van der Waals surface area contributed by atoms with Crippen LogP contribution in [0.3, 0.4) is 0 Å². The van der Waals surface area contributed by atoms with Gasteiger partial charge in [-0.15, -0.1) is 0 Å². The first-order valence-electron chi connectivity index (χ1n) is 36.5. The molecule has 1 N–H and O–H groups in total. The van der Waals surface area contributed by atoms with Crippen molar-refractivity contribution in [2.24, 2.45) is 0 Å². The van der Waals surface area contributed by atoms with Gasteiger partial charge in [0.2, 0.25) is 0 Å². The number of allylic oxidation sites excluding steroid dienone is 12. The maximum atomic E-state index is 12.4. The third kappa shape index (κ3) is 69.8. The van der Waals surface area contributed by atoms with E-state index in [0.29, 0.717) is 12.8 Å². The largest absolute Gasteiger partial charge is 0.462 e. The summed E-state index contributed by atoms with van der Waals surface area (Å²) in [6.45, 7) is 4.07. The van der Waals surface area contributed by atoms with E-state index in [9.17, 15) is 14.7 Å². The fourth-order valence-corrected chi connectivity index (χ4v) is 11.1. The second-order valence-corrected chi connectivity index (χ2v) is 24.6. The molecule has 478 valence electrons. The van der Waals surface area contributed by atoms with Crippen LogP contribution in [0.5, 0.6) is 0 Å². The maximum Gasteiger partial charge on any atom is 0.306 e. The van der Waals surface area contributed by atoms with Gasteiger partial charge in [0.25, 0.3) is 0 Å². The van der Waals surface area contributed by atoms with Gasteiger partial charge in [0.1, 0.15) is 6.61 Å². The van der Waals surface area contributed by atoms with Crippen LogP contribution in [0, 0.1) is 0 Å². The molecular weight excluding hydrogens is 1000 g/mol. The molecular formula is C77H140O5. The van der Waals surface area contributed by atoms with Crippen molar-refractivity contribution in [1.82, 2.24) is 0 Å². The summed E-state index contributed by atoms with van der Waals surface area (Å²) < 4.78 is 10.8. The van der Waals surface area contributed by atoms with E-state index in [0.717, 1.165) is 70.6 Å². The molecule has 1 unspecified atom stereocenters. The molecule has 0 heterocycles. The minimum absolute atomic E-state index is 0.0611. The lowest BCUT2D eigenvalue weighted by Crippen LogP contribution is -2.28. The Balaban J connectivity index is 3.39. The summed E-state index contributed by atoms with van der Waals surface area (Å²) in [6.07, 6.45) is 101. The lowest BCUT2D eigenvalue weighted by Gasteiger charge is -2.15. The highest BCUT2D eigenvalue weighted by molar-refractivity contribution is 5.70. The number of aliphatic hydroxyl groups excluding tert-OH is 1. The lowest BCUT2D eigenvalue weighted by molar-refractivity contribution is -0.161. The lowest BCUT2D eigenvalue weighted by atomic mass is 10.0. The molecule has 0 aromatic carbocycles. The average Bonchev–Trinajstić information content (AvgIpc) is 3.49. The molecule has 0 aromatic heterocycles. The van der Waals surface area contributed by atoms with Crippen molar-refractivity contribution < 1.29 is 24.2 Å². The smallest absolute Gasteiger partial charge is 0.306 e. The zero-order chi connectivity index (χ0) is 59.1. The first kappa shape index (κ1) is 79.3. The van der Waals surface area contributed by atoms with E-state index in [2.05, 4.69) is 86.8 Å². The van der Waals surface area contributed by atoms with Gasteiger partial charge in [-0.2, -0.15) is 0 Å². The number of carbonyl (C=O) groups excluding carboxylic acids is 2. The predicted molar refractivity (Wildman–Crippen MR) is 362 cm³/mol. The number of esters is 2. The topological polar surface area (TPSA) is 72.8 Å². The number of hydrogen-bond donors (Lipinski definition) is 1. The molecule has 0 saturated heterocycles. The van der Waals surface area contributed by atoms with Gasteiger partial charge in [-0.3, -0.25) is 9.59 Å². The van der Waals surface area contributed by atoms with Gasteiger partial charge < -0.3 is 14.6 Å².